The van der Waals surface area contributed by atoms with Crippen LogP contribution < -0.4 is 11.1 Å². The summed E-state index contributed by atoms with van der Waals surface area (Å²) in [5.41, 5.74) is 8.42. The molecule has 0 radical (unpaired) electrons. The average molecular weight is 244 g/mol. The molecule has 2 aromatic rings. The van der Waals surface area contributed by atoms with Crippen LogP contribution in [0.2, 0.25) is 0 Å². The number of aromatic amines is 1. The van der Waals surface area contributed by atoms with E-state index in [0.29, 0.717) is 13.0 Å². The van der Waals surface area contributed by atoms with E-state index < -0.39 is 0 Å². The Kier molecular flexibility index (Phi) is 3.96. The maximum atomic E-state index is 11.6. The number of aryl methyl sites for hydroxylation is 1. The molecule has 0 aliphatic heterocycles. The van der Waals surface area contributed by atoms with Gasteiger partial charge in [0.25, 0.3) is 0 Å². The number of hydrogen-bond donors (Lipinski definition) is 3. The van der Waals surface area contributed by atoms with Crippen molar-refractivity contribution in [2.75, 3.05) is 5.73 Å². The minimum absolute atomic E-state index is 0.0352. The lowest BCUT2D eigenvalue weighted by molar-refractivity contribution is -0.121. The summed E-state index contributed by atoms with van der Waals surface area (Å²) in [6, 6.07) is 7.58. The lowest BCUT2D eigenvalue weighted by Gasteiger charge is -2.04. The van der Waals surface area contributed by atoms with E-state index in [1.54, 1.807) is 12.4 Å². The van der Waals surface area contributed by atoms with Crippen molar-refractivity contribution in [3.05, 3.63) is 47.8 Å². The second kappa shape index (κ2) is 5.86. The number of hydrogen-bond acceptors (Lipinski definition) is 3. The van der Waals surface area contributed by atoms with Gasteiger partial charge in [0.05, 0.1) is 6.20 Å². The lowest BCUT2D eigenvalue weighted by Crippen LogP contribution is -2.22. The number of H-pyrrole nitrogens is 1. The highest BCUT2D eigenvalue weighted by Crippen LogP contribution is 2.07. The standard InChI is InChI=1S/C13H16N4O/c14-12-4-1-10(2-5-12)3-6-13(18)15-7-11-8-16-17-9-11/h1-2,4-5,8-9H,3,6-7,14H2,(H,15,18)(H,16,17). The van der Waals surface area contributed by atoms with E-state index in [4.69, 9.17) is 5.73 Å². The van der Waals surface area contributed by atoms with Crippen LogP contribution >= 0.6 is 0 Å². The second-order valence-corrected chi connectivity index (χ2v) is 4.12. The lowest BCUT2D eigenvalue weighted by atomic mass is 10.1. The summed E-state index contributed by atoms with van der Waals surface area (Å²) in [6.07, 6.45) is 4.65. The summed E-state index contributed by atoms with van der Waals surface area (Å²) >= 11 is 0. The number of nitrogen functional groups attached to an aromatic ring is 1. The van der Waals surface area contributed by atoms with Crippen LogP contribution in [0.25, 0.3) is 0 Å². The molecule has 18 heavy (non-hydrogen) atoms. The van der Waals surface area contributed by atoms with Gasteiger partial charge in [-0.1, -0.05) is 12.1 Å². The minimum Gasteiger partial charge on any atom is -0.399 e. The highest BCUT2D eigenvalue weighted by Gasteiger charge is 2.02. The molecule has 1 amide bonds. The third-order valence-electron chi connectivity index (χ3n) is 2.66. The fourth-order valence-electron chi connectivity index (χ4n) is 1.61. The maximum Gasteiger partial charge on any atom is 0.220 e. The molecule has 4 N–H and O–H groups in total. The normalized spacial score (nSPS) is 10.2. The number of nitrogens with one attached hydrogen (secondary N) is 2. The molecule has 0 unspecified atom stereocenters. The molecule has 0 saturated heterocycles. The van der Waals surface area contributed by atoms with Crippen LogP contribution in [0.4, 0.5) is 5.69 Å². The second-order valence-electron chi connectivity index (χ2n) is 4.12. The van der Waals surface area contributed by atoms with E-state index >= 15 is 0 Å². The van der Waals surface area contributed by atoms with Crippen molar-refractivity contribution in [1.82, 2.24) is 15.5 Å². The first-order valence-corrected chi connectivity index (χ1v) is 5.83. The highest BCUT2D eigenvalue weighted by molar-refractivity contribution is 5.76. The Labute approximate surface area is 105 Å². The SMILES string of the molecule is Nc1ccc(CCC(=O)NCc2cn[nH]c2)cc1. The molecule has 5 heteroatoms. The summed E-state index contributed by atoms with van der Waals surface area (Å²) in [5.74, 6) is 0.0352. The zero-order valence-corrected chi connectivity index (χ0v) is 10.0. The van der Waals surface area contributed by atoms with E-state index in [-0.39, 0.29) is 5.91 Å². The molecular weight excluding hydrogens is 228 g/mol. The molecule has 0 saturated carbocycles. The molecule has 0 fully saturated rings. The number of rotatable bonds is 5. The average Bonchev–Trinajstić information content (AvgIpc) is 2.89. The van der Waals surface area contributed by atoms with Crippen LogP contribution in [0, 0.1) is 0 Å². The van der Waals surface area contributed by atoms with Gasteiger partial charge in [0, 0.05) is 30.4 Å². The van der Waals surface area contributed by atoms with Gasteiger partial charge >= 0.3 is 0 Å². The van der Waals surface area contributed by atoms with Crippen molar-refractivity contribution < 1.29 is 4.79 Å². The zero-order chi connectivity index (χ0) is 12.8. The number of nitrogens with zero attached hydrogens (tertiary/aromatic N) is 1. The summed E-state index contributed by atoms with van der Waals surface area (Å²) in [4.78, 5) is 11.6. The van der Waals surface area contributed by atoms with Gasteiger partial charge in [-0.25, -0.2) is 0 Å². The number of anilines is 1. The molecule has 0 atom stereocenters. The fraction of sp³-hybridized carbons (Fsp3) is 0.231. The summed E-state index contributed by atoms with van der Waals surface area (Å²) in [7, 11) is 0. The van der Waals surface area contributed by atoms with Crippen LogP contribution in [0.1, 0.15) is 17.5 Å². The monoisotopic (exact) mass is 244 g/mol. The van der Waals surface area contributed by atoms with E-state index in [1.807, 2.05) is 24.3 Å². The number of carbonyl (C=O) groups is 1. The number of carbonyl (C=O) groups excluding carboxylic acids is 1. The van der Waals surface area contributed by atoms with Crippen LogP contribution in [0.3, 0.4) is 0 Å². The van der Waals surface area contributed by atoms with Gasteiger partial charge in [0.2, 0.25) is 5.91 Å². The highest BCUT2D eigenvalue weighted by atomic mass is 16.1. The van der Waals surface area contributed by atoms with Gasteiger partial charge in [0.15, 0.2) is 0 Å². The Morgan fingerprint density at radius 2 is 2.06 bits per heavy atom. The number of aromatic nitrogens is 2. The third kappa shape index (κ3) is 3.62. The first-order chi connectivity index (χ1) is 8.74. The van der Waals surface area contributed by atoms with Crippen LogP contribution in [-0.4, -0.2) is 16.1 Å². The van der Waals surface area contributed by atoms with Crippen molar-refractivity contribution in [2.24, 2.45) is 0 Å². The van der Waals surface area contributed by atoms with Crippen LogP contribution in [0.15, 0.2) is 36.7 Å². The Morgan fingerprint density at radius 3 is 2.72 bits per heavy atom. The minimum atomic E-state index is 0.0352. The van der Waals surface area contributed by atoms with Crippen LogP contribution in [-0.2, 0) is 17.8 Å². The predicted octanol–water partition coefficient (Wildman–Crippen LogP) is 1.24. The Morgan fingerprint density at radius 1 is 1.28 bits per heavy atom. The molecule has 0 aliphatic rings. The molecule has 0 aliphatic carbocycles. The summed E-state index contributed by atoms with van der Waals surface area (Å²) in [6.45, 7) is 0.511. The molecule has 94 valence electrons. The van der Waals surface area contributed by atoms with Crippen molar-refractivity contribution in [2.45, 2.75) is 19.4 Å². The molecular formula is C13H16N4O. The Hall–Kier alpha value is -2.30. The van der Waals surface area contributed by atoms with Gasteiger partial charge in [-0.05, 0) is 24.1 Å². The maximum absolute atomic E-state index is 11.6. The number of benzene rings is 1. The first kappa shape index (κ1) is 12.2. The van der Waals surface area contributed by atoms with Crippen molar-refractivity contribution >= 4 is 11.6 Å². The zero-order valence-electron chi connectivity index (χ0n) is 10.0. The topological polar surface area (TPSA) is 83.8 Å². The van der Waals surface area contributed by atoms with Gasteiger partial charge < -0.3 is 11.1 Å². The molecule has 1 aromatic heterocycles. The molecule has 0 bridgehead atoms. The van der Waals surface area contributed by atoms with Crippen molar-refractivity contribution in [3.8, 4) is 0 Å². The van der Waals surface area contributed by atoms with E-state index in [0.717, 1.165) is 23.2 Å². The number of amides is 1. The fourth-order valence-corrected chi connectivity index (χ4v) is 1.61. The molecule has 0 spiro atoms. The quantitative estimate of drug-likeness (QED) is 0.692. The Balaban J connectivity index is 1.73. The van der Waals surface area contributed by atoms with E-state index in [1.165, 1.54) is 0 Å². The van der Waals surface area contributed by atoms with Crippen LogP contribution in [0.5, 0.6) is 0 Å². The first-order valence-electron chi connectivity index (χ1n) is 5.83. The van der Waals surface area contributed by atoms with E-state index in [2.05, 4.69) is 15.5 Å². The van der Waals surface area contributed by atoms with Crippen molar-refractivity contribution in [1.29, 1.82) is 0 Å². The van der Waals surface area contributed by atoms with Gasteiger partial charge in [-0.2, -0.15) is 5.10 Å². The molecule has 1 aromatic carbocycles. The molecule has 5 nitrogen and oxygen atoms in total. The van der Waals surface area contributed by atoms with E-state index in [9.17, 15) is 4.79 Å². The Bertz CT molecular complexity index is 490. The number of nitrogens with two attached hydrogens (primary N) is 1. The van der Waals surface area contributed by atoms with Gasteiger partial charge in [-0.15, -0.1) is 0 Å². The van der Waals surface area contributed by atoms with Gasteiger partial charge in [-0.3, -0.25) is 9.89 Å². The summed E-state index contributed by atoms with van der Waals surface area (Å²) < 4.78 is 0. The third-order valence-corrected chi connectivity index (χ3v) is 2.66. The largest absolute Gasteiger partial charge is 0.399 e. The molecule has 1 heterocycles. The summed E-state index contributed by atoms with van der Waals surface area (Å²) in [5, 5.41) is 9.36. The van der Waals surface area contributed by atoms with Crippen molar-refractivity contribution in [3.63, 3.8) is 0 Å². The predicted molar refractivity (Wildman–Crippen MR) is 69.6 cm³/mol. The molecule has 2 rings (SSSR count). The smallest absolute Gasteiger partial charge is 0.220 e. The van der Waals surface area contributed by atoms with Gasteiger partial charge in [0.1, 0.15) is 0 Å².